The Morgan fingerprint density at radius 3 is 2.67 bits per heavy atom. The molecule has 2 aromatic rings. The zero-order valence-corrected chi connectivity index (χ0v) is 13.1. The van der Waals surface area contributed by atoms with Crippen LogP contribution in [-0.4, -0.2) is 22.4 Å². The van der Waals surface area contributed by atoms with Crippen LogP contribution in [0.4, 0.5) is 24.7 Å². The van der Waals surface area contributed by atoms with Crippen LogP contribution in [0.5, 0.6) is 0 Å². The van der Waals surface area contributed by atoms with Gasteiger partial charge in [-0.3, -0.25) is 4.79 Å². The third-order valence-electron chi connectivity index (χ3n) is 3.26. The van der Waals surface area contributed by atoms with Gasteiger partial charge in [-0.25, -0.2) is 23.1 Å². The van der Waals surface area contributed by atoms with Crippen LogP contribution in [0.15, 0.2) is 24.5 Å². The molecule has 1 aromatic heterocycles. The fourth-order valence-corrected chi connectivity index (χ4v) is 1.98. The normalized spacial score (nSPS) is 10.5. The van der Waals surface area contributed by atoms with Crippen LogP contribution in [0.25, 0.3) is 0 Å². The summed E-state index contributed by atoms with van der Waals surface area (Å²) in [7, 11) is 0. The van der Waals surface area contributed by atoms with Gasteiger partial charge in [0.1, 0.15) is 17.8 Å². The fourth-order valence-electron chi connectivity index (χ4n) is 1.98. The van der Waals surface area contributed by atoms with Gasteiger partial charge in [-0.15, -0.1) is 0 Å². The summed E-state index contributed by atoms with van der Waals surface area (Å²) in [6, 6.07) is 3.14. The molecule has 0 aliphatic rings. The second-order valence-electron chi connectivity index (χ2n) is 5.10. The summed E-state index contributed by atoms with van der Waals surface area (Å²) in [6.07, 6.45) is 4.03. The molecule has 0 atom stereocenters. The molecule has 0 aliphatic carbocycles. The summed E-state index contributed by atoms with van der Waals surface area (Å²) in [6.45, 7) is 2.58. The summed E-state index contributed by atoms with van der Waals surface area (Å²) in [4.78, 5) is 19.6. The van der Waals surface area contributed by atoms with Crippen molar-refractivity contribution in [1.29, 1.82) is 0 Å². The number of rotatable bonds is 7. The van der Waals surface area contributed by atoms with Crippen LogP contribution in [0, 0.1) is 17.5 Å². The van der Waals surface area contributed by atoms with Crippen LogP contribution in [-0.2, 0) is 0 Å². The minimum Gasteiger partial charge on any atom is -0.351 e. The second kappa shape index (κ2) is 8.28. The van der Waals surface area contributed by atoms with Crippen molar-refractivity contribution in [3.63, 3.8) is 0 Å². The SMILES string of the molecule is CCCCCNC(=O)c1cc(Nc2ccc(F)c(F)c2F)ncn1. The van der Waals surface area contributed by atoms with Gasteiger partial charge in [-0.05, 0) is 18.6 Å². The van der Waals surface area contributed by atoms with Crippen LogP contribution in [0.2, 0.25) is 0 Å². The predicted octanol–water partition coefficient (Wildman–Crippen LogP) is 3.56. The van der Waals surface area contributed by atoms with Crippen molar-refractivity contribution >= 4 is 17.4 Å². The topological polar surface area (TPSA) is 66.9 Å². The molecule has 1 aromatic carbocycles. The van der Waals surface area contributed by atoms with Gasteiger partial charge < -0.3 is 10.6 Å². The Hall–Kier alpha value is -2.64. The summed E-state index contributed by atoms with van der Waals surface area (Å²) in [5, 5.41) is 5.21. The summed E-state index contributed by atoms with van der Waals surface area (Å²) < 4.78 is 39.8. The van der Waals surface area contributed by atoms with E-state index in [2.05, 4.69) is 27.5 Å². The van der Waals surface area contributed by atoms with Gasteiger partial charge in [0.2, 0.25) is 0 Å². The Morgan fingerprint density at radius 1 is 1.12 bits per heavy atom. The van der Waals surface area contributed by atoms with Gasteiger partial charge in [0, 0.05) is 12.6 Å². The number of amides is 1. The zero-order chi connectivity index (χ0) is 17.5. The molecular formula is C16H17F3N4O. The van der Waals surface area contributed by atoms with Gasteiger partial charge in [0.15, 0.2) is 17.5 Å². The molecule has 5 nitrogen and oxygen atoms in total. The Morgan fingerprint density at radius 2 is 1.92 bits per heavy atom. The third-order valence-corrected chi connectivity index (χ3v) is 3.26. The van der Waals surface area contributed by atoms with E-state index in [1.807, 2.05) is 0 Å². The van der Waals surface area contributed by atoms with Crippen molar-refractivity contribution in [2.75, 3.05) is 11.9 Å². The Kier molecular flexibility index (Phi) is 6.11. The zero-order valence-electron chi connectivity index (χ0n) is 13.1. The molecule has 0 saturated carbocycles. The van der Waals surface area contributed by atoms with Gasteiger partial charge in [0.05, 0.1) is 5.69 Å². The van der Waals surface area contributed by atoms with E-state index < -0.39 is 17.5 Å². The van der Waals surface area contributed by atoms with Crippen LogP contribution in [0.1, 0.15) is 36.7 Å². The maximum Gasteiger partial charge on any atom is 0.270 e. The molecule has 1 amide bonds. The van der Waals surface area contributed by atoms with Crippen molar-refractivity contribution in [3.05, 3.63) is 47.7 Å². The first-order valence-corrected chi connectivity index (χ1v) is 7.53. The molecule has 0 unspecified atom stereocenters. The number of carbonyl (C=O) groups is 1. The number of halogens is 3. The maximum atomic E-state index is 13.6. The number of unbranched alkanes of at least 4 members (excludes halogenated alkanes) is 2. The average Bonchev–Trinajstić information content (AvgIpc) is 2.59. The molecule has 0 spiro atoms. The number of nitrogens with one attached hydrogen (secondary N) is 2. The fraction of sp³-hybridized carbons (Fsp3) is 0.312. The molecule has 128 valence electrons. The van der Waals surface area contributed by atoms with E-state index in [-0.39, 0.29) is 23.1 Å². The van der Waals surface area contributed by atoms with E-state index in [1.54, 1.807) is 0 Å². The standard InChI is InChI=1S/C16H17F3N4O/c1-2-3-4-7-20-16(24)12-8-13(22-9-21-12)23-11-6-5-10(17)14(18)15(11)19/h5-6,8-9H,2-4,7H2,1H3,(H,20,24)(H,21,22,23). The van der Waals surface area contributed by atoms with E-state index in [1.165, 1.54) is 6.07 Å². The number of hydrogen-bond donors (Lipinski definition) is 2. The molecule has 0 fully saturated rings. The molecule has 0 saturated heterocycles. The van der Waals surface area contributed by atoms with Crippen molar-refractivity contribution in [2.24, 2.45) is 0 Å². The van der Waals surface area contributed by atoms with Crippen molar-refractivity contribution < 1.29 is 18.0 Å². The van der Waals surface area contributed by atoms with Crippen molar-refractivity contribution in [2.45, 2.75) is 26.2 Å². The van der Waals surface area contributed by atoms with Crippen LogP contribution in [0.3, 0.4) is 0 Å². The smallest absolute Gasteiger partial charge is 0.270 e. The second-order valence-corrected chi connectivity index (χ2v) is 5.10. The molecule has 2 N–H and O–H groups in total. The minimum absolute atomic E-state index is 0.0898. The summed E-state index contributed by atoms with van der Waals surface area (Å²) in [5.41, 5.74) is -0.200. The Bertz CT molecular complexity index is 724. The number of hydrogen-bond acceptors (Lipinski definition) is 4. The summed E-state index contributed by atoms with van der Waals surface area (Å²) >= 11 is 0. The lowest BCUT2D eigenvalue weighted by molar-refractivity contribution is 0.0948. The molecule has 0 bridgehead atoms. The lowest BCUT2D eigenvalue weighted by Gasteiger charge is -2.09. The first-order chi connectivity index (χ1) is 11.5. The molecule has 8 heteroatoms. The lowest BCUT2D eigenvalue weighted by Crippen LogP contribution is -2.25. The van der Waals surface area contributed by atoms with Crippen LogP contribution < -0.4 is 10.6 Å². The molecule has 2 rings (SSSR count). The highest BCUT2D eigenvalue weighted by Crippen LogP contribution is 2.22. The molecule has 0 radical (unpaired) electrons. The van der Waals surface area contributed by atoms with E-state index >= 15 is 0 Å². The summed E-state index contributed by atoms with van der Waals surface area (Å²) in [5.74, 6) is -4.52. The quantitative estimate of drug-likeness (QED) is 0.598. The van der Waals surface area contributed by atoms with E-state index in [4.69, 9.17) is 0 Å². The van der Waals surface area contributed by atoms with Gasteiger partial charge in [-0.1, -0.05) is 19.8 Å². The van der Waals surface area contributed by atoms with Gasteiger partial charge in [0.25, 0.3) is 5.91 Å². The highest BCUT2D eigenvalue weighted by atomic mass is 19.2. The van der Waals surface area contributed by atoms with Crippen LogP contribution >= 0.6 is 0 Å². The number of nitrogens with zero attached hydrogens (tertiary/aromatic N) is 2. The minimum atomic E-state index is -1.58. The highest BCUT2D eigenvalue weighted by Gasteiger charge is 2.14. The van der Waals surface area contributed by atoms with Crippen molar-refractivity contribution in [3.8, 4) is 0 Å². The average molecular weight is 338 g/mol. The highest BCUT2D eigenvalue weighted by molar-refractivity contribution is 5.92. The maximum absolute atomic E-state index is 13.6. The van der Waals surface area contributed by atoms with E-state index in [9.17, 15) is 18.0 Å². The largest absolute Gasteiger partial charge is 0.351 e. The first kappa shape index (κ1) is 17.7. The number of aromatic nitrogens is 2. The monoisotopic (exact) mass is 338 g/mol. The predicted molar refractivity (Wildman–Crippen MR) is 83.5 cm³/mol. The van der Waals surface area contributed by atoms with E-state index in [0.717, 1.165) is 37.7 Å². The van der Waals surface area contributed by atoms with Crippen molar-refractivity contribution in [1.82, 2.24) is 15.3 Å². The van der Waals surface area contributed by atoms with Gasteiger partial charge >= 0.3 is 0 Å². The third kappa shape index (κ3) is 4.43. The molecule has 1 heterocycles. The molecular weight excluding hydrogens is 321 g/mol. The Balaban J connectivity index is 2.08. The molecule has 0 aliphatic heterocycles. The number of benzene rings is 1. The van der Waals surface area contributed by atoms with E-state index in [0.29, 0.717) is 6.54 Å². The lowest BCUT2D eigenvalue weighted by atomic mass is 10.2. The number of carbonyl (C=O) groups excluding carboxylic acids is 1. The first-order valence-electron chi connectivity index (χ1n) is 7.53. The van der Waals surface area contributed by atoms with Gasteiger partial charge in [-0.2, -0.15) is 0 Å². The Labute approximate surface area is 137 Å². The molecule has 24 heavy (non-hydrogen) atoms. The number of anilines is 2.